The highest BCUT2D eigenvalue weighted by Gasteiger charge is 2.47. The summed E-state index contributed by atoms with van der Waals surface area (Å²) < 4.78 is 42.0. The Morgan fingerprint density at radius 3 is 2.31 bits per heavy atom. The number of carbonyl (C=O) groups excluding carboxylic acids is 2. The first-order chi connectivity index (χ1) is 15.3. The van der Waals surface area contributed by atoms with E-state index in [2.05, 4.69) is 9.72 Å². The van der Waals surface area contributed by atoms with Crippen molar-refractivity contribution >= 4 is 23.1 Å². The predicted octanol–water partition coefficient (Wildman–Crippen LogP) is 4.61. The van der Waals surface area contributed by atoms with Gasteiger partial charge in [-0.1, -0.05) is 36.4 Å². The molecule has 1 atom stereocenters. The zero-order valence-electron chi connectivity index (χ0n) is 16.3. The number of carbonyl (C=O) groups is 2. The molecule has 1 N–H and O–H groups in total. The minimum Gasteiger partial charge on any atom is -0.507 e. The second-order valence-corrected chi connectivity index (χ2v) is 6.86. The molecule has 6 nitrogen and oxygen atoms in total. The lowest BCUT2D eigenvalue weighted by atomic mass is 9.96. The Hall–Kier alpha value is -4.14. The number of nitrogens with zero attached hydrogens (tertiary/aromatic N) is 2. The Bertz CT molecular complexity index is 1190. The third kappa shape index (κ3) is 4.04. The zero-order chi connectivity index (χ0) is 22.9. The molecule has 1 aliphatic rings. The van der Waals surface area contributed by atoms with Gasteiger partial charge in [0.1, 0.15) is 11.5 Å². The summed E-state index contributed by atoms with van der Waals surface area (Å²) in [5, 5.41) is 10.9. The van der Waals surface area contributed by atoms with Crippen LogP contribution in [0.2, 0.25) is 0 Å². The van der Waals surface area contributed by atoms with Gasteiger partial charge >= 0.3 is 6.36 Å². The summed E-state index contributed by atoms with van der Waals surface area (Å²) >= 11 is 0. The molecule has 32 heavy (non-hydrogen) atoms. The van der Waals surface area contributed by atoms with Crippen LogP contribution in [0, 0.1) is 0 Å². The van der Waals surface area contributed by atoms with E-state index < -0.39 is 35.6 Å². The predicted molar refractivity (Wildman–Crippen MR) is 109 cm³/mol. The Morgan fingerprint density at radius 1 is 0.969 bits per heavy atom. The number of ketones is 1. The van der Waals surface area contributed by atoms with E-state index in [0.29, 0.717) is 11.1 Å². The maximum absolute atomic E-state index is 13.0. The van der Waals surface area contributed by atoms with Gasteiger partial charge in [0.05, 0.1) is 11.6 Å². The zero-order valence-corrected chi connectivity index (χ0v) is 16.3. The average molecular weight is 440 g/mol. The molecule has 0 aliphatic carbocycles. The Morgan fingerprint density at radius 2 is 1.66 bits per heavy atom. The van der Waals surface area contributed by atoms with Crippen LogP contribution in [0.4, 0.5) is 18.9 Å². The molecule has 1 saturated heterocycles. The first-order valence-corrected chi connectivity index (χ1v) is 9.38. The van der Waals surface area contributed by atoms with Crippen LogP contribution >= 0.6 is 0 Å². The molecule has 1 aromatic heterocycles. The van der Waals surface area contributed by atoms with Crippen molar-refractivity contribution in [2.75, 3.05) is 4.90 Å². The van der Waals surface area contributed by atoms with Gasteiger partial charge in [0.25, 0.3) is 11.7 Å². The van der Waals surface area contributed by atoms with Crippen LogP contribution in [0.5, 0.6) is 5.75 Å². The SMILES string of the molecule is O=C1C(=O)N(c2cccc(OC(F)(F)F)c2)C(c2ccncc2)/C1=C(\O)c1ccccc1. The van der Waals surface area contributed by atoms with Crippen molar-refractivity contribution in [3.8, 4) is 5.75 Å². The number of anilines is 1. The maximum Gasteiger partial charge on any atom is 0.573 e. The Kier molecular flexibility index (Phi) is 5.40. The molecular formula is C23H15F3N2O4. The van der Waals surface area contributed by atoms with Gasteiger partial charge in [-0.3, -0.25) is 19.5 Å². The molecular weight excluding hydrogens is 425 g/mol. The summed E-state index contributed by atoms with van der Waals surface area (Å²) in [7, 11) is 0. The van der Waals surface area contributed by atoms with Crippen LogP contribution < -0.4 is 9.64 Å². The molecule has 9 heteroatoms. The summed E-state index contributed by atoms with van der Waals surface area (Å²) in [6.45, 7) is 0. The van der Waals surface area contributed by atoms with E-state index in [1.54, 1.807) is 42.5 Å². The quantitative estimate of drug-likeness (QED) is 0.364. The van der Waals surface area contributed by atoms with Gasteiger partial charge in [0, 0.05) is 29.7 Å². The van der Waals surface area contributed by atoms with Crippen molar-refractivity contribution in [1.82, 2.24) is 4.98 Å². The highest BCUT2D eigenvalue weighted by Crippen LogP contribution is 2.42. The van der Waals surface area contributed by atoms with Crippen molar-refractivity contribution in [2.24, 2.45) is 0 Å². The fraction of sp³-hybridized carbons (Fsp3) is 0.0870. The molecule has 0 bridgehead atoms. The van der Waals surface area contributed by atoms with Crippen molar-refractivity contribution in [1.29, 1.82) is 0 Å². The number of rotatable bonds is 4. The van der Waals surface area contributed by atoms with Crippen LogP contribution in [-0.4, -0.2) is 28.1 Å². The molecule has 3 aromatic rings. The number of ether oxygens (including phenoxy) is 1. The molecule has 0 radical (unpaired) electrons. The van der Waals surface area contributed by atoms with Gasteiger partial charge in [-0.2, -0.15) is 0 Å². The van der Waals surface area contributed by atoms with Crippen LogP contribution in [-0.2, 0) is 9.59 Å². The van der Waals surface area contributed by atoms with Crippen molar-refractivity contribution in [3.05, 3.63) is 95.8 Å². The first-order valence-electron chi connectivity index (χ1n) is 9.38. The van der Waals surface area contributed by atoms with E-state index in [4.69, 9.17) is 0 Å². The van der Waals surface area contributed by atoms with Crippen LogP contribution in [0.1, 0.15) is 17.2 Å². The fourth-order valence-electron chi connectivity index (χ4n) is 3.54. The Labute approximate surface area is 180 Å². The number of Topliss-reactive ketones (excluding diaryl/α,β-unsaturated/α-hetero) is 1. The van der Waals surface area contributed by atoms with Gasteiger partial charge in [0.2, 0.25) is 0 Å². The molecule has 1 unspecified atom stereocenters. The van der Waals surface area contributed by atoms with E-state index in [0.717, 1.165) is 17.0 Å². The third-order valence-corrected chi connectivity index (χ3v) is 4.84. The largest absolute Gasteiger partial charge is 0.573 e. The van der Waals surface area contributed by atoms with E-state index in [-0.39, 0.29) is 11.3 Å². The number of amides is 1. The number of benzene rings is 2. The molecule has 1 fully saturated rings. The van der Waals surface area contributed by atoms with Crippen molar-refractivity contribution in [2.45, 2.75) is 12.4 Å². The Balaban J connectivity index is 1.88. The van der Waals surface area contributed by atoms with Gasteiger partial charge in [-0.15, -0.1) is 13.2 Å². The minimum absolute atomic E-state index is 0.00257. The number of aliphatic hydroxyl groups excluding tert-OH is 1. The molecule has 4 rings (SSSR count). The van der Waals surface area contributed by atoms with Gasteiger partial charge < -0.3 is 9.84 Å². The maximum atomic E-state index is 13.0. The number of hydrogen-bond acceptors (Lipinski definition) is 5. The normalized spacial score (nSPS) is 18.1. The van der Waals surface area contributed by atoms with E-state index in [9.17, 15) is 27.9 Å². The van der Waals surface area contributed by atoms with Crippen molar-refractivity contribution < 1.29 is 32.6 Å². The molecule has 1 amide bonds. The monoisotopic (exact) mass is 440 g/mol. The van der Waals surface area contributed by atoms with E-state index >= 15 is 0 Å². The summed E-state index contributed by atoms with van der Waals surface area (Å²) in [5.74, 6) is -2.90. The number of halogens is 3. The average Bonchev–Trinajstić information content (AvgIpc) is 3.04. The van der Waals surface area contributed by atoms with Gasteiger partial charge in [0.15, 0.2) is 0 Å². The van der Waals surface area contributed by atoms with Gasteiger partial charge in [-0.25, -0.2) is 0 Å². The summed E-state index contributed by atoms with van der Waals surface area (Å²) in [5.41, 5.74) is 0.579. The standard InChI is InChI=1S/C23H15F3N2O4/c24-23(25,26)32-17-8-4-7-16(13-17)28-19(14-9-11-27-12-10-14)18(21(30)22(28)31)20(29)15-5-2-1-3-6-15/h1-13,19,29H/b20-18+. The molecule has 0 saturated carbocycles. The number of aliphatic hydroxyl groups is 1. The van der Waals surface area contributed by atoms with E-state index in [1.807, 2.05) is 0 Å². The fourth-order valence-corrected chi connectivity index (χ4v) is 3.54. The molecule has 2 aromatic carbocycles. The molecule has 2 heterocycles. The molecule has 0 spiro atoms. The first kappa shape index (κ1) is 21.1. The second-order valence-electron chi connectivity index (χ2n) is 6.86. The van der Waals surface area contributed by atoms with Crippen molar-refractivity contribution in [3.63, 3.8) is 0 Å². The topological polar surface area (TPSA) is 79.7 Å². The number of hydrogen-bond donors (Lipinski definition) is 1. The highest BCUT2D eigenvalue weighted by molar-refractivity contribution is 6.51. The molecule has 1 aliphatic heterocycles. The summed E-state index contributed by atoms with van der Waals surface area (Å²) in [6.07, 6.45) is -2.03. The van der Waals surface area contributed by atoms with Gasteiger partial charge in [-0.05, 0) is 29.8 Å². The lowest BCUT2D eigenvalue weighted by Gasteiger charge is -2.25. The smallest absolute Gasteiger partial charge is 0.507 e. The highest BCUT2D eigenvalue weighted by atomic mass is 19.4. The van der Waals surface area contributed by atoms with Crippen LogP contribution in [0.3, 0.4) is 0 Å². The second kappa shape index (κ2) is 8.18. The van der Waals surface area contributed by atoms with Crippen LogP contribution in [0.25, 0.3) is 5.76 Å². The van der Waals surface area contributed by atoms with Crippen LogP contribution in [0.15, 0.2) is 84.7 Å². The summed E-state index contributed by atoms with van der Waals surface area (Å²) in [4.78, 5) is 30.9. The number of pyridine rings is 1. The minimum atomic E-state index is -4.93. The third-order valence-electron chi connectivity index (χ3n) is 4.84. The molecule has 162 valence electrons. The lowest BCUT2D eigenvalue weighted by Crippen LogP contribution is -2.29. The lowest BCUT2D eigenvalue weighted by molar-refractivity contribution is -0.274. The van der Waals surface area contributed by atoms with E-state index in [1.165, 1.54) is 24.5 Å². The summed E-state index contributed by atoms with van der Waals surface area (Å²) in [6, 6.07) is 15.0. The number of aromatic nitrogens is 1. The number of alkyl halides is 3.